The van der Waals surface area contributed by atoms with Gasteiger partial charge in [0.15, 0.2) is 11.9 Å². The maximum Gasteiger partial charge on any atom is 0.267 e. The molecule has 0 radical (unpaired) electrons. The van der Waals surface area contributed by atoms with E-state index in [0.29, 0.717) is 16.9 Å². The van der Waals surface area contributed by atoms with E-state index in [4.69, 9.17) is 9.26 Å². The van der Waals surface area contributed by atoms with Crippen molar-refractivity contribution in [2.75, 3.05) is 0 Å². The molecule has 1 fully saturated rings. The van der Waals surface area contributed by atoms with Crippen LogP contribution < -0.4 is 10.1 Å². The van der Waals surface area contributed by atoms with Gasteiger partial charge in [0.1, 0.15) is 11.6 Å². The summed E-state index contributed by atoms with van der Waals surface area (Å²) in [5.74, 6) is 0.230. The van der Waals surface area contributed by atoms with E-state index in [0.717, 1.165) is 25.7 Å². The van der Waals surface area contributed by atoms with Crippen molar-refractivity contribution >= 4 is 11.7 Å². The lowest BCUT2D eigenvalue weighted by molar-refractivity contribution is 0.0933. The summed E-state index contributed by atoms with van der Waals surface area (Å²) < 4.78 is 25.8. The number of carbonyl (C=O) groups excluding carboxylic acids is 2. The summed E-state index contributed by atoms with van der Waals surface area (Å²) >= 11 is 0. The number of amides is 1. The summed E-state index contributed by atoms with van der Waals surface area (Å²) in [7, 11) is 0. The van der Waals surface area contributed by atoms with E-state index in [-0.39, 0.29) is 35.0 Å². The number of nitrogens with one attached hydrogen (secondary N) is 1. The highest BCUT2D eigenvalue weighted by Crippen LogP contribution is 2.33. The minimum atomic E-state index is -0.655. The Morgan fingerprint density at radius 3 is 2.53 bits per heavy atom. The minimum absolute atomic E-state index is 0.00252. The van der Waals surface area contributed by atoms with Crippen LogP contribution in [0, 0.1) is 11.7 Å². The van der Waals surface area contributed by atoms with Crippen LogP contribution in [0.3, 0.4) is 0 Å². The van der Waals surface area contributed by atoms with Crippen LogP contribution in [0.4, 0.5) is 4.39 Å². The Bertz CT molecular complexity index is 1240. The number of rotatable bonds is 8. The minimum Gasteiger partial charge on any atom is -0.481 e. The van der Waals surface area contributed by atoms with Gasteiger partial charge in [-0.3, -0.25) is 9.59 Å². The molecule has 0 unspecified atom stereocenters. The van der Waals surface area contributed by atoms with Crippen LogP contribution in [0.15, 0.2) is 59.1 Å². The van der Waals surface area contributed by atoms with Crippen molar-refractivity contribution < 1.29 is 23.2 Å². The fraction of sp³-hybridized carbons (Fsp3) is 0.308. The van der Waals surface area contributed by atoms with E-state index < -0.39 is 17.8 Å². The van der Waals surface area contributed by atoms with E-state index in [2.05, 4.69) is 15.5 Å². The van der Waals surface area contributed by atoms with Gasteiger partial charge in [-0.25, -0.2) is 4.39 Å². The second kappa shape index (κ2) is 9.21. The maximum absolute atomic E-state index is 14.6. The van der Waals surface area contributed by atoms with E-state index in [1.165, 1.54) is 12.1 Å². The lowest BCUT2D eigenvalue weighted by Gasteiger charge is -2.12. The topological polar surface area (TPSA) is 94.3 Å². The molecule has 1 amide bonds. The number of halogens is 1. The average Bonchev–Trinajstić information content (AvgIpc) is 3.33. The molecule has 0 saturated heterocycles. The summed E-state index contributed by atoms with van der Waals surface area (Å²) in [6, 6.07) is 11.2. The molecule has 0 aliphatic heterocycles. The van der Waals surface area contributed by atoms with Gasteiger partial charge in [-0.05, 0) is 69.0 Å². The van der Waals surface area contributed by atoms with E-state index >= 15 is 0 Å². The molecule has 0 spiro atoms. The van der Waals surface area contributed by atoms with Crippen LogP contribution in [0.2, 0.25) is 0 Å². The molecule has 0 bridgehead atoms. The lowest BCUT2D eigenvalue weighted by Crippen LogP contribution is -2.33. The largest absolute Gasteiger partial charge is 0.481 e. The first-order chi connectivity index (χ1) is 16.5. The zero-order valence-electron chi connectivity index (χ0n) is 18.7. The Kier molecular flexibility index (Phi) is 5.96. The van der Waals surface area contributed by atoms with Crippen LogP contribution in [-0.2, 0) is 0 Å². The van der Waals surface area contributed by atoms with Crippen LogP contribution >= 0.6 is 0 Å². The summed E-state index contributed by atoms with van der Waals surface area (Å²) in [6.45, 7) is 1.76. The molecule has 1 atom stereocenters. The van der Waals surface area contributed by atoms with Gasteiger partial charge in [0.05, 0.1) is 5.56 Å². The normalized spacial score (nSPS) is 16.4. The standard InChI is InChI=1S/C26H24FN3O4/c1-15(33-20-11-8-17(9-12-20)23(31)16-6-7-16)26-29-24(30-34-26)18-10-13-21(22(27)14-18)25(32)28-19-4-2-3-5-19/h2-3,8-16,19H,4-7H2,1H3,(H,28,32)/t15-/m1/s1. The smallest absolute Gasteiger partial charge is 0.267 e. The number of ether oxygens (including phenoxy) is 1. The molecule has 2 aromatic carbocycles. The van der Waals surface area contributed by atoms with Gasteiger partial charge in [0.2, 0.25) is 5.82 Å². The SMILES string of the molecule is C[C@@H](Oc1ccc(C(=O)C2CC2)cc1)c1nc(-c2ccc(C(=O)NC3CC=CC3)c(F)c2)no1. The third-order valence-corrected chi connectivity index (χ3v) is 6.00. The molecule has 1 heterocycles. The Labute approximate surface area is 196 Å². The van der Waals surface area contributed by atoms with Crippen LogP contribution in [0.5, 0.6) is 5.75 Å². The predicted octanol–water partition coefficient (Wildman–Crippen LogP) is 5.06. The van der Waals surface area contributed by atoms with Crippen LogP contribution in [0.25, 0.3) is 11.4 Å². The zero-order valence-corrected chi connectivity index (χ0v) is 18.7. The number of ketones is 1. The number of benzene rings is 2. The molecule has 34 heavy (non-hydrogen) atoms. The maximum atomic E-state index is 14.6. The Balaban J connectivity index is 1.23. The Hall–Kier alpha value is -3.81. The van der Waals surface area contributed by atoms with Crippen molar-refractivity contribution in [2.24, 2.45) is 5.92 Å². The first-order valence-electron chi connectivity index (χ1n) is 11.4. The summed E-state index contributed by atoms with van der Waals surface area (Å²) in [5, 5.41) is 6.75. The van der Waals surface area contributed by atoms with E-state index in [1.807, 2.05) is 12.2 Å². The van der Waals surface area contributed by atoms with Crippen LogP contribution in [-0.4, -0.2) is 27.9 Å². The van der Waals surface area contributed by atoms with Gasteiger partial charge in [-0.1, -0.05) is 23.4 Å². The van der Waals surface area contributed by atoms with Gasteiger partial charge in [-0.2, -0.15) is 4.98 Å². The second-order valence-corrected chi connectivity index (χ2v) is 8.69. The zero-order chi connectivity index (χ0) is 23.7. The van der Waals surface area contributed by atoms with Crippen molar-refractivity contribution in [2.45, 2.75) is 44.8 Å². The van der Waals surface area contributed by atoms with Crippen molar-refractivity contribution in [1.29, 1.82) is 0 Å². The molecule has 7 nitrogen and oxygen atoms in total. The molecule has 2 aliphatic carbocycles. The highest BCUT2D eigenvalue weighted by Gasteiger charge is 2.30. The third-order valence-electron chi connectivity index (χ3n) is 6.00. The summed E-state index contributed by atoms with van der Waals surface area (Å²) in [5.41, 5.74) is 1.04. The molecule has 1 aromatic heterocycles. The number of hydrogen-bond acceptors (Lipinski definition) is 6. The third kappa shape index (κ3) is 4.76. The van der Waals surface area contributed by atoms with Gasteiger partial charge in [0.25, 0.3) is 11.8 Å². The number of carbonyl (C=O) groups is 2. The van der Waals surface area contributed by atoms with Gasteiger partial charge < -0.3 is 14.6 Å². The molecule has 5 rings (SSSR count). The van der Waals surface area contributed by atoms with Gasteiger partial charge in [0, 0.05) is 23.1 Å². The van der Waals surface area contributed by atoms with E-state index in [9.17, 15) is 14.0 Å². The second-order valence-electron chi connectivity index (χ2n) is 8.69. The molecular formula is C26H24FN3O4. The average molecular weight is 461 g/mol. The van der Waals surface area contributed by atoms with E-state index in [1.54, 1.807) is 37.3 Å². The Morgan fingerprint density at radius 1 is 1.12 bits per heavy atom. The van der Waals surface area contributed by atoms with Crippen molar-refractivity contribution in [3.63, 3.8) is 0 Å². The molecular weight excluding hydrogens is 437 g/mol. The van der Waals surface area contributed by atoms with Crippen molar-refractivity contribution in [1.82, 2.24) is 15.5 Å². The molecule has 8 heteroatoms. The number of nitrogens with zero attached hydrogens (tertiary/aromatic N) is 2. The summed E-state index contributed by atoms with van der Waals surface area (Å²) in [4.78, 5) is 28.8. The monoisotopic (exact) mass is 461 g/mol. The first-order valence-corrected chi connectivity index (χ1v) is 11.4. The quantitative estimate of drug-likeness (QED) is 0.372. The lowest BCUT2D eigenvalue weighted by atomic mass is 10.1. The predicted molar refractivity (Wildman–Crippen MR) is 122 cm³/mol. The van der Waals surface area contributed by atoms with Crippen molar-refractivity contribution in [3.8, 4) is 17.1 Å². The highest BCUT2D eigenvalue weighted by atomic mass is 19.1. The fourth-order valence-corrected chi connectivity index (χ4v) is 3.89. The van der Waals surface area contributed by atoms with Gasteiger partial charge >= 0.3 is 0 Å². The fourth-order valence-electron chi connectivity index (χ4n) is 3.89. The summed E-state index contributed by atoms with van der Waals surface area (Å²) in [6.07, 6.45) is 6.86. The molecule has 2 aliphatic rings. The van der Waals surface area contributed by atoms with Gasteiger partial charge in [-0.15, -0.1) is 0 Å². The molecule has 1 saturated carbocycles. The van der Waals surface area contributed by atoms with Crippen molar-refractivity contribution in [3.05, 3.63) is 77.5 Å². The number of Topliss-reactive ketones (excluding diaryl/α,β-unsaturated/α-hetero) is 1. The molecule has 174 valence electrons. The number of hydrogen-bond donors (Lipinski definition) is 1. The first kappa shape index (κ1) is 22.0. The molecule has 3 aromatic rings. The Morgan fingerprint density at radius 2 is 1.85 bits per heavy atom. The van der Waals surface area contributed by atoms with Crippen LogP contribution in [0.1, 0.15) is 65.3 Å². The molecule has 1 N–H and O–H groups in total. The number of aromatic nitrogens is 2. The highest BCUT2D eigenvalue weighted by molar-refractivity contribution is 5.99.